The molecule has 1 saturated heterocycles. The molecule has 3 amide bonds. The average molecular weight is 406 g/mol. The van der Waals surface area contributed by atoms with Crippen LogP contribution in [-0.2, 0) is 19.2 Å². The molecule has 142 valence electrons. The van der Waals surface area contributed by atoms with Gasteiger partial charge in [0.1, 0.15) is 4.32 Å². The quantitative estimate of drug-likeness (QED) is 0.435. The number of nitrogens with zero attached hydrogens (tertiary/aromatic N) is 1. The molecule has 27 heavy (non-hydrogen) atoms. The molecule has 1 aromatic rings. The van der Waals surface area contributed by atoms with Crippen molar-refractivity contribution in [1.29, 1.82) is 0 Å². The van der Waals surface area contributed by atoms with E-state index in [1.165, 1.54) is 4.90 Å². The Morgan fingerprint density at radius 1 is 1.30 bits per heavy atom. The number of carbonyl (C=O) groups is 4. The third kappa shape index (κ3) is 5.90. The molecule has 1 aromatic carbocycles. The zero-order valence-corrected chi connectivity index (χ0v) is 15.7. The van der Waals surface area contributed by atoms with E-state index in [9.17, 15) is 24.3 Å². The van der Waals surface area contributed by atoms with Gasteiger partial charge in [0.05, 0.1) is 23.3 Å². The van der Waals surface area contributed by atoms with Gasteiger partial charge >= 0.3 is 0 Å². The Kier molecular flexibility index (Phi) is 7.08. The lowest BCUT2D eigenvalue weighted by Crippen LogP contribution is -2.50. The molecule has 2 rings (SSSR count). The Hall–Kier alpha value is -2.72. The third-order valence-electron chi connectivity index (χ3n) is 3.56. The number of carboxylic acid groups (broad SMARTS) is 1. The molecule has 0 aromatic heterocycles. The molecule has 10 heteroatoms. The van der Waals surface area contributed by atoms with E-state index in [4.69, 9.17) is 18.0 Å². The van der Waals surface area contributed by atoms with E-state index in [0.29, 0.717) is 9.23 Å². The third-order valence-corrected chi connectivity index (χ3v) is 4.94. The number of carboxylic acids is 1. The Bertz CT molecular complexity index is 810. The minimum atomic E-state index is -1.61. The summed E-state index contributed by atoms with van der Waals surface area (Å²) in [6.07, 6.45) is 0.945. The molecule has 8 nitrogen and oxygen atoms in total. The maximum atomic E-state index is 12.5. The maximum absolute atomic E-state index is 12.5. The Labute approximate surface area is 164 Å². The number of nitrogens with two attached hydrogens (primary N) is 1. The molecule has 0 unspecified atom stereocenters. The van der Waals surface area contributed by atoms with Crippen LogP contribution < -0.4 is 16.2 Å². The standard InChI is InChI=1S/C17H17N3O5S2/c18-13(21)9-11(16(24)25)19-14(22)6-7-20-15(23)12(27-17(20)26)8-10-4-2-1-3-5-10/h1-5,8,11H,6-7,9H2,(H2,18,21)(H,19,22)(H,24,25)/p-1/b12-8+/t11-/m1/s1. The minimum Gasteiger partial charge on any atom is -0.548 e. The van der Waals surface area contributed by atoms with Crippen molar-refractivity contribution < 1.29 is 24.3 Å². The second kappa shape index (κ2) is 9.28. The number of hydrogen-bond donors (Lipinski definition) is 2. The summed E-state index contributed by atoms with van der Waals surface area (Å²) in [5.41, 5.74) is 5.78. The predicted molar refractivity (Wildman–Crippen MR) is 102 cm³/mol. The van der Waals surface area contributed by atoms with Crippen LogP contribution >= 0.6 is 24.0 Å². The molecule has 1 fully saturated rings. The summed E-state index contributed by atoms with van der Waals surface area (Å²) in [5.74, 6) is -3.48. The molecule has 1 aliphatic heterocycles. The van der Waals surface area contributed by atoms with E-state index >= 15 is 0 Å². The summed E-state index contributed by atoms with van der Waals surface area (Å²) in [6, 6.07) is 7.73. The first kappa shape index (κ1) is 20.6. The lowest BCUT2D eigenvalue weighted by Gasteiger charge is -2.19. The van der Waals surface area contributed by atoms with Crippen LogP contribution in [0.1, 0.15) is 18.4 Å². The number of carbonyl (C=O) groups excluding carboxylic acids is 4. The molecular weight excluding hydrogens is 390 g/mol. The molecular formula is C17H16N3O5S2-. The highest BCUT2D eigenvalue weighted by molar-refractivity contribution is 8.26. The fourth-order valence-corrected chi connectivity index (χ4v) is 3.58. The number of benzene rings is 1. The first-order chi connectivity index (χ1) is 12.8. The SMILES string of the molecule is NC(=O)C[C@@H](NC(=O)CCN1C(=O)/C(=C\c2ccccc2)SC1=S)C(=O)[O-]. The molecule has 0 spiro atoms. The van der Waals surface area contributed by atoms with Crippen molar-refractivity contribution in [2.75, 3.05) is 6.54 Å². The second-order valence-electron chi connectivity index (χ2n) is 5.60. The van der Waals surface area contributed by atoms with E-state index in [1.54, 1.807) is 6.08 Å². The maximum Gasteiger partial charge on any atom is 0.266 e. The van der Waals surface area contributed by atoms with Crippen molar-refractivity contribution in [3.63, 3.8) is 0 Å². The lowest BCUT2D eigenvalue weighted by molar-refractivity contribution is -0.308. The number of aliphatic carboxylic acids is 1. The lowest BCUT2D eigenvalue weighted by atomic mass is 10.2. The van der Waals surface area contributed by atoms with Crippen molar-refractivity contribution in [3.8, 4) is 0 Å². The van der Waals surface area contributed by atoms with Crippen LogP contribution in [0.3, 0.4) is 0 Å². The number of primary amides is 1. The summed E-state index contributed by atoms with van der Waals surface area (Å²) in [7, 11) is 0. The van der Waals surface area contributed by atoms with Gasteiger partial charge in [-0.3, -0.25) is 19.3 Å². The molecule has 3 N–H and O–H groups in total. The summed E-state index contributed by atoms with van der Waals surface area (Å²) in [6.45, 7) is -0.0149. The molecule has 0 radical (unpaired) electrons. The number of rotatable bonds is 8. The fourth-order valence-electron chi connectivity index (χ4n) is 2.27. The van der Waals surface area contributed by atoms with Crippen molar-refractivity contribution in [3.05, 3.63) is 40.8 Å². The van der Waals surface area contributed by atoms with Crippen molar-refractivity contribution in [2.45, 2.75) is 18.9 Å². The first-order valence-electron chi connectivity index (χ1n) is 7.87. The highest BCUT2D eigenvalue weighted by Crippen LogP contribution is 2.32. The van der Waals surface area contributed by atoms with Gasteiger partial charge in [0, 0.05) is 13.0 Å². The van der Waals surface area contributed by atoms with E-state index in [2.05, 4.69) is 5.32 Å². The van der Waals surface area contributed by atoms with Crippen LogP contribution in [0.4, 0.5) is 0 Å². The van der Waals surface area contributed by atoms with Crippen LogP contribution in [-0.4, -0.2) is 45.5 Å². The van der Waals surface area contributed by atoms with Gasteiger partial charge in [0.15, 0.2) is 0 Å². The Morgan fingerprint density at radius 2 is 1.96 bits per heavy atom. The van der Waals surface area contributed by atoms with Gasteiger partial charge in [0.2, 0.25) is 11.8 Å². The predicted octanol–water partition coefficient (Wildman–Crippen LogP) is -0.612. The normalized spacial score (nSPS) is 16.4. The van der Waals surface area contributed by atoms with E-state index in [-0.39, 0.29) is 18.9 Å². The van der Waals surface area contributed by atoms with Crippen molar-refractivity contribution in [2.24, 2.45) is 5.73 Å². The van der Waals surface area contributed by atoms with E-state index < -0.39 is 30.2 Å². The van der Waals surface area contributed by atoms with Gasteiger partial charge in [-0.2, -0.15) is 0 Å². The highest BCUT2D eigenvalue weighted by Gasteiger charge is 2.32. The van der Waals surface area contributed by atoms with E-state index in [1.807, 2.05) is 30.3 Å². The number of nitrogens with one attached hydrogen (secondary N) is 1. The summed E-state index contributed by atoms with van der Waals surface area (Å²) >= 11 is 6.31. The summed E-state index contributed by atoms with van der Waals surface area (Å²) in [5, 5.41) is 13.1. The van der Waals surface area contributed by atoms with Crippen molar-refractivity contribution in [1.82, 2.24) is 10.2 Å². The minimum absolute atomic E-state index is 0.0149. The highest BCUT2D eigenvalue weighted by atomic mass is 32.2. The van der Waals surface area contributed by atoms with Gasteiger partial charge in [-0.1, -0.05) is 54.3 Å². The molecule has 1 heterocycles. The van der Waals surface area contributed by atoms with Crippen LogP contribution in [0.15, 0.2) is 35.2 Å². The molecule has 1 aliphatic rings. The van der Waals surface area contributed by atoms with Crippen LogP contribution in [0.25, 0.3) is 6.08 Å². The molecule has 1 atom stereocenters. The van der Waals surface area contributed by atoms with Crippen LogP contribution in [0.5, 0.6) is 0 Å². The van der Waals surface area contributed by atoms with Gasteiger partial charge in [-0.15, -0.1) is 0 Å². The van der Waals surface area contributed by atoms with Crippen molar-refractivity contribution >= 4 is 58.1 Å². The number of amides is 3. The van der Waals surface area contributed by atoms with Gasteiger partial charge < -0.3 is 21.0 Å². The number of thiocarbonyl (C=S) groups is 1. The Balaban J connectivity index is 1.95. The average Bonchev–Trinajstić information content (AvgIpc) is 2.86. The van der Waals surface area contributed by atoms with Gasteiger partial charge in [-0.05, 0) is 11.6 Å². The first-order valence-corrected chi connectivity index (χ1v) is 9.09. The van der Waals surface area contributed by atoms with Gasteiger partial charge in [-0.25, -0.2) is 0 Å². The summed E-state index contributed by atoms with van der Waals surface area (Å²) in [4.78, 5) is 47.9. The van der Waals surface area contributed by atoms with E-state index in [0.717, 1.165) is 17.3 Å². The zero-order valence-electron chi connectivity index (χ0n) is 14.0. The number of hydrogen-bond acceptors (Lipinski definition) is 7. The molecule has 0 aliphatic carbocycles. The Morgan fingerprint density at radius 3 is 2.56 bits per heavy atom. The molecule has 0 saturated carbocycles. The monoisotopic (exact) mass is 406 g/mol. The van der Waals surface area contributed by atoms with Crippen LogP contribution in [0.2, 0.25) is 0 Å². The van der Waals surface area contributed by atoms with Crippen LogP contribution in [0, 0.1) is 0 Å². The topological polar surface area (TPSA) is 133 Å². The zero-order chi connectivity index (χ0) is 20.0. The summed E-state index contributed by atoms with van der Waals surface area (Å²) < 4.78 is 0.309. The second-order valence-corrected chi connectivity index (χ2v) is 7.28. The number of thioether (sulfide) groups is 1. The smallest absolute Gasteiger partial charge is 0.266 e. The fraction of sp³-hybridized carbons (Fsp3) is 0.235. The molecule has 0 bridgehead atoms. The largest absolute Gasteiger partial charge is 0.548 e. The van der Waals surface area contributed by atoms with Gasteiger partial charge in [0.25, 0.3) is 5.91 Å².